The summed E-state index contributed by atoms with van der Waals surface area (Å²) in [5.74, 6) is -3.40. The van der Waals surface area contributed by atoms with Gasteiger partial charge in [0.25, 0.3) is 11.8 Å². The Labute approximate surface area is 268 Å². The lowest BCUT2D eigenvalue weighted by atomic mass is 9.86. The van der Waals surface area contributed by atoms with Gasteiger partial charge in [-0.2, -0.15) is 0 Å². The molecule has 2 amide bonds. The van der Waals surface area contributed by atoms with Gasteiger partial charge in [0.2, 0.25) is 6.10 Å². The van der Waals surface area contributed by atoms with E-state index >= 15 is 0 Å². The Kier molecular flexibility index (Phi) is 9.72. The number of carbonyl (C=O) groups excluding carboxylic acids is 2. The number of aromatic carboxylic acids is 1. The molecule has 0 saturated heterocycles. The highest BCUT2D eigenvalue weighted by Crippen LogP contribution is 2.38. The van der Waals surface area contributed by atoms with Crippen LogP contribution in [0.4, 0.5) is 14.5 Å². The molecule has 9 nitrogen and oxygen atoms in total. The van der Waals surface area contributed by atoms with Gasteiger partial charge in [0.15, 0.2) is 5.82 Å². The van der Waals surface area contributed by atoms with Gasteiger partial charge in [-0.25, -0.2) is 13.6 Å². The lowest BCUT2D eigenvalue weighted by Gasteiger charge is -2.38. The van der Waals surface area contributed by atoms with Crippen molar-refractivity contribution < 1.29 is 33.1 Å². The van der Waals surface area contributed by atoms with Gasteiger partial charge >= 0.3 is 5.97 Å². The Bertz CT molecular complexity index is 1830. The Morgan fingerprint density at radius 2 is 1.72 bits per heavy atom. The fraction of sp³-hybridized carbons (Fsp3) is 0.206. The van der Waals surface area contributed by atoms with Gasteiger partial charge in [-0.1, -0.05) is 54.9 Å². The second-order valence-corrected chi connectivity index (χ2v) is 10.7. The molecule has 2 atom stereocenters. The third-order valence-corrected chi connectivity index (χ3v) is 7.87. The van der Waals surface area contributed by atoms with Crippen LogP contribution in [-0.4, -0.2) is 51.1 Å². The molecule has 0 aliphatic carbocycles. The van der Waals surface area contributed by atoms with Crippen molar-refractivity contribution in [3.63, 3.8) is 0 Å². The van der Waals surface area contributed by atoms with E-state index in [0.29, 0.717) is 28.8 Å². The fourth-order valence-corrected chi connectivity index (χ4v) is 5.68. The van der Waals surface area contributed by atoms with E-state index in [1.807, 2.05) is 13.8 Å². The molecule has 4 aromatic rings. The molecule has 12 heteroatoms. The van der Waals surface area contributed by atoms with E-state index in [9.17, 15) is 28.3 Å². The van der Waals surface area contributed by atoms with Crippen molar-refractivity contribution in [2.45, 2.75) is 38.8 Å². The Hall–Kier alpha value is -5.16. The average molecular weight is 647 g/mol. The summed E-state index contributed by atoms with van der Waals surface area (Å²) in [5, 5.41) is 15.9. The van der Waals surface area contributed by atoms with E-state index in [0.717, 1.165) is 11.8 Å². The van der Waals surface area contributed by atoms with Crippen LogP contribution in [0.3, 0.4) is 0 Å². The van der Waals surface area contributed by atoms with Crippen molar-refractivity contribution in [3.8, 4) is 11.1 Å². The van der Waals surface area contributed by atoms with E-state index in [1.54, 1.807) is 24.3 Å². The van der Waals surface area contributed by atoms with E-state index < -0.39 is 41.6 Å². The predicted molar refractivity (Wildman–Crippen MR) is 169 cm³/mol. The molecule has 46 heavy (non-hydrogen) atoms. The van der Waals surface area contributed by atoms with Crippen LogP contribution in [0.2, 0.25) is 5.02 Å². The Balaban J connectivity index is 0.00000204. The van der Waals surface area contributed by atoms with Crippen molar-refractivity contribution in [2.24, 2.45) is 5.16 Å². The molecular weight excluding hydrogens is 618 g/mol. The maximum absolute atomic E-state index is 14.7. The lowest BCUT2D eigenvalue weighted by molar-refractivity contribution is -0.148. The number of amides is 2. The fourth-order valence-electron chi connectivity index (χ4n) is 5.51. The molecule has 0 saturated carbocycles. The molecule has 6 rings (SSSR count). The van der Waals surface area contributed by atoms with Crippen LogP contribution < -0.4 is 5.32 Å². The Morgan fingerprint density at radius 3 is 2.43 bits per heavy atom. The zero-order valence-electron chi connectivity index (χ0n) is 24.8. The molecule has 2 aliphatic rings. The second kappa shape index (κ2) is 13.9. The number of rotatable bonds is 6. The van der Waals surface area contributed by atoms with Crippen molar-refractivity contribution in [2.75, 3.05) is 11.9 Å². The van der Waals surface area contributed by atoms with Crippen LogP contribution in [0.15, 0.2) is 84.3 Å². The number of carboxylic acid groups (broad SMARTS) is 1. The molecule has 0 spiro atoms. The van der Waals surface area contributed by atoms with Crippen LogP contribution in [0, 0.1) is 11.6 Å². The van der Waals surface area contributed by atoms with E-state index in [4.69, 9.17) is 16.4 Å². The summed E-state index contributed by atoms with van der Waals surface area (Å²) in [7, 11) is 0. The maximum atomic E-state index is 14.7. The van der Waals surface area contributed by atoms with E-state index in [1.165, 1.54) is 53.6 Å². The number of nitrogens with one attached hydrogen (secondary N) is 1. The largest absolute Gasteiger partial charge is 0.478 e. The first-order valence-electron chi connectivity index (χ1n) is 14.6. The third-order valence-electron chi connectivity index (χ3n) is 7.57. The monoisotopic (exact) mass is 646 g/mol. The number of benzene rings is 3. The third kappa shape index (κ3) is 6.45. The van der Waals surface area contributed by atoms with Gasteiger partial charge in [0, 0.05) is 36.0 Å². The van der Waals surface area contributed by atoms with Gasteiger partial charge in [-0.15, -0.1) is 0 Å². The molecule has 2 unspecified atom stereocenters. The highest BCUT2D eigenvalue weighted by Gasteiger charge is 2.42. The zero-order valence-corrected chi connectivity index (χ0v) is 25.6. The van der Waals surface area contributed by atoms with Crippen LogP contribution in [0.1, 0.15) is 53.4 Å². The van der Waals surface area contributed by atoms with E-state index in [2.05, 4.69) is 15.5 Å². The molecule has 3 aromatic carbocycles. The van der Waals surface area contributed by atoms with Crippen LogP contribution in [-0.2, 0) is 20.8 Å². The normalized spacial score (nSPS) is 16.7. The summed E-state index contributed by atoms with van der Waals surface area (Å²) in [6.07, 6.45) is 1.80. The van der Waals surface area contributed by atoms with Gasteiger partial charge in [0.1, 0.15) is 11.9 Å². The number of anilines is 1. The number of hydrogen-bond acceptors (Lipinski definition) is 6. The first-order valence-corrected chi connectivity index (χ1v) is 14.9. The topological polar surface area (TPSA) is 121 Å². The predicted octanol–water partition coefficient (Wildman–Crippen LogP) is 6.66. The number of carboxylic acids is 1. The van der Waals surface area contributed by atoms with Crippen molar-refractivity contribution >= 4 is 40.8 Å². The number of hydrogen-bond donors (Lipinski definition) is 2. The minimum absolute atomic E-state index is 0.0422. The quantitative estimate of drug-likeness (QED) is 0.242. The highest BCUT2D eigenvalue weighted by molar-refractivity contribution is 6.31. The van der Waals surface area contributed by atoms with Crippen molar-refractivity contribution in [3.05, 3.63) is 118 Å². The SMILES string of the molecule is CC.O=C(O)c1ccc(NC(=O)C2c3cccc(-c4cncc(F)c4)c3CCN2C(=O)C2CC(c3cccc(Cl)c3F)=NO2)cc1. The van der Waals surface area contributed by atoms with Crippen LogP contribution in [0.5, 0.6) is 0 Å². The highest BCUT2D eigenvalue weighted by atomic mass is 35.5. The number of oxime groups is 1. The van der Waals surface area contributed by atoms with Crippen molar-refractivity contribution in [1.82, 2.24) is 9.88 Å². The molecule has 2 aliphatic heterocycles. The maximum Gasteiger partial charge on any atom is 0.335 e. The molecule has 2 N–H and O–H groups in total. The van der Waals surface area contributed by atoms with Gasteiger partial charge < -0.3 is 20.2 Å². The zero-order chi connectivity index (χ0) is 33.0. The van der Waals surface area contributed by atoms with Crippen LogP contribution >= 0.6 is 11.6 Å². The van der Waals surface area contributed by atoms with Crippen molar-refractivity contribution in [1.29, 1.82) is 0 Å². The molecule has 3 heterocycles. The second-order valence-electron chi connectivity index (χ2n) is 10.3. The van der Waals surface area contributed by atoms with Gasteiger partial charge in [-0.05, 0) is 65.6 Å². The average Bonchev–Trinajstić information content (AvgIpc) is 3.56. The summed E-state index contributed by atoms with van der Waals surface area (Å²) >= 11 is 5.93. The Morgan fingerprint density at radius 1 is 1.00 bits per heavy atom. The molecular formula is C34H29ClF2N4O5. The van der Waals surface area contributed by atoms with Gasteiger partial charge in [-0.3, -0.25) is 14.6 Å². The number of pyridine rings is 1. The van der Waals surface area contributed by atoms with Gasteiger partial charge in [0.05, 0.1) is 22.5 Å². The molecule has 236 valence electrons. The molecule has 0 radical (unpaired) electrons. The number of aromatic nitrogens is 1. The smallest absolute Gasteiger partial charge is 0.335 e. The number of fused-ring (bicyclic) bond motifs is 1. The summed E-state index contributed by atoms with van der Waals surface area (Å²) in [4.78, 5) is 49.9. The standard InChI is InChI=1S/C32H23ClF2N4O5.C2H6/c33-25-6-2-5-24(28(25)35)26-14-27(44-38-26)31(41)39-12-11-22-21(18-13-19(34)16-36-15-18)3-1-4-23(22)29(39)30(40)37-20-9-7-17(8-10-20)32(42)43;1-2/h1-10,13,15-16,27,29H,11-12,14H2,(H,37,40)(H,42,43);1-2H3. The minimum atomic E-state index is -1.14. The molecule has 0 bridgehead atoms. The number of halogens is 3. The molecule has 1 aromatic heterocycles. The first-order chi connectivity index (χ1) is 22.2. The summed E-state index contributed by atoms with van der Waals surface area (Å²) in [6, 6.07) is 15.5. The number of nitrogens with zero attached hydrogens (tertiary/aromatic N) is 3. The van der Waals surface area contributed by atoms with Crippen LogP contribution in [0.25, 0.3) is 11.1 Å². The molecule has 0 fully saturated rings. The first kappa shape index (κ1) is 32.2. The van der Waals surface area contributed by atoms with E-state index in [-0.39, 0.29) is 34.8 Å². The summed E-state index contributed by atoms with van der Waals surface area (Å²) < 4.78 is 28.8. The summed E-state index contributed by atoms with van der Waals surface area (Å²) in [5.41, 5.74) is 3.15. The lowest BCUT2D eigenvalue weighted by Crippen LogP contribution is -2.49. The minimum Gasteiger partial charge on any atom is -0.478 e. The summed E-state index contributed by atoms with van der Waals surface area (Å²) in [6.45, 7) is 4.11. The number of carbonyl (C=O) groups is 3.